The predicted octanol–water partition coefficient (Wildman–Crippen LogP) is 3.44. The molecule has 0 bridgehead atoms. The molecule has 6 heteroatoms. The van der Waals surface area contributed by atoms with Gasteiger partial charge in [-0.2, -0.15) is 0 Å². The fourth-order valence-electron chi connectivity index (χ4n) is 2.37. The van der Waals surface area contributed by atoms with Crippen molar-refractivity contribution in [2.24, 2.45) is 0 Å². The maximum Gasteiger partial charge on any atom is 0.185 e. The summed E-state index contributed by atoms with van der Waals surface area (Å²) in [6.45, 7) is 8.20. The fraction of sp³-hybridized carbons (Fsp3) is 0.562. The van der Waals surface area contributed by atoms with Gasteiger partial charge in [-0.05, 0) is 39.4 Å². The molecule has 1 unspecified atom stereocenters. The second kappa shape index (κ2) is 8.62. The number of nitrogens with one attached hydrogen (secondary N) is 1. The second-order valence-electron chi connectivity index (χ2n) is 5.41. The number of hydrogen-bond acceptors (Lipinski definition) is 6. The largest absolute Gasteiger partial charge is 0.349 e. The Labute approximate surface area is 141 Å². The summed E-state index contributed by atoms with van der Waals surface area (Å²) in [5.41, 5.74) is 0. The minimum atomic E-state index is 0.426. The van der Waals surface area contributed by atoms with Gasteiger partial charge in [-0.15, -0.1) is 22.7 Å². The molecule has 0 amide bonds. The molecule has 0 aliphatic heterocycles. The molecule has 2 aromatic rings. The Morgan fingerprint density at radius 2 is 2.05 bits per heavy atom. The third-order valence-corrected chi connectivity index (χ3v) is 5.74. The average molecular weight is 339 g/mol. The van der Waals surface area contributed by atoms with Crippen molar-refractivity contribution in [3.8, 4) is 0 Å². The van der Waals surface area contributed by atoms with Crippen molar-refractivity contribution in [3.05, 3.63) is 33.5 Å². The van der Waals surface area contributed by atoms with Gasteiger partial charge < -0.3 is 15.1 Å². The van der Waals surface area contributed by atoms with Gasteiger partial charge in [0.05, 0.1) is 6.04 Å². The molecule has 22 heavy (non-hydrogen) atoms. The highest BCUT2D eigenvalue weighted by molar-refractivity contribution is 7.15. The van der Waals surface area contributed by atoms with Crippen molar-refractivity contribution >= 4 is 27.8 Å². The van der Waals surface area contributed by atoms with Crippen molar-refractivity contribution in [2.45, 2.75) is 26.4 Å². The van der Waals surface area contributed by atoms with E-state index in [0.29, 0.717) is 6.04 Å². The Balaban J connectivity index is 1.87. The van der Waals surface area contributed by atoms with Crippen molar-refractivity contribution < 1.29 is 0 Å². The summed E-state index contributed by atoms with van der Waals surface area (Å²) in [4.78, 5) is 11.8. The minimum Gasteiger partial charge on any atom is -0.349 e. The standard InChI is InChI=1S/C16H26N4S2/c1-5-20(6-2)16-18-11-13(22-16)10-17-12-14(19(3)4)15-8-7-9-21-15/h7-9,11,14,17H,5-6,10,12H2,1-4H3. The molecule has 4 nitrogen and oxygen atoms in total. The van der Waals surface area contributed by atoms with Crippen LogP contribution in [0.1, 0.15) is 29.6 Å². The lowest BCUT2D eigenvalue weighted by Crippen LogP contribution is -2.30. The van der Waals surface area contributed by atoms with Crippen LogP contribution >= 0.6 is 22.7 Å². The van der Waals surface area contributed by atoms with E-state index in [1.165, 1.54) is 9.75 Å². The normalized spacial score (nSPS) is 12.8. The number of anilines is 1. The Kier molecular flexibility index (Phi) is 6.82. The van der Waals surface area contributed by atoms with Crippen LogP contribution in [0.15, 0.2) is 23.7 Å². The molecule has 0 fully saturated rings. The molecule has 0 aliphatic rings. The van der Waals surface area contributed by atoms with Gasteiger partial charge in [-0.1, -0.05) is 6.07 Å². The van der Waals surface area contributed by atoms with Gasteiger partial charge in [0.2, 0.25) is 0 Å². The lowest BCUT2D eigenvalue weighted by Gasteiger charge is -2.23. The second-order valence-corrected chi connectivity index (χ2v) is 7.48. The van der Waals surface area contributed by atoms with Crippen molar-refractivity contribution in [3.63, 3.8) is 0 Å². The molecule has 1 atom stereocenters. The molecule has 0 radical (unpaired) electrons. The molecular formula is C16H26N4S2. The fourth-order valence-corrected chi connectivity index (χ4v) is 4.30. The Morgan fingerprint density at radius 1 is 1.27 bits per heavy atom. The van der Waals surface area contributed by atoms with Gasteiger partial charge in [0.25, 0.3) is 0 Å². The number of likely N-dealkylation sites (N-methyl/N-ethyl adjacent to an activating group) is 1. The molecule has 0 saturated carbocycles. The topological polar surface area (TPSA) is 31.4 Å². The third kappa shape index (κ3) is 4.52. The molecule has 2 aromatic heterocycles. The Morgan fingerprint density at radius 3 is 2.64 bits per heavy atom. The summed E-state index contributed by atoms with van der Waals surface area (Å²) in [5.74, 6) is 0. The smallest absolute Gasteiger partial charge is 0.185 e. The van der Waals surface area contributed by atoms with E-state index in [0.717, 1.165) is 31.3 Å². The molecule has 2 heterocycles. The summed E-state index contributed by atoms with van der Waals surface area (Å²) in [6, 6.07) is 4.76. The van der Waals surface area contributed by atoms with Crippen LogP contribution in [0.3, 0.4) is 0 Å². The van der Waals surface area contributed by atoms with Crippen LogP contribution in [0, 0.1) is 0 Å². The maximum atomic E-state index is 4.54. The number of aromatic nitrogens is 1. The van der Waals surface area contributed by atoms with E-state index in [4.69, 9.17) is 0 Å². The van der Waals surface area contributed by atoms with Crippen LogP contribution in [0.2, 0.25) is 0 Å². The minimum absolute atomic E-state index is 0.426. The highest BCUT2D eigenvalue weighted by Gasteiger charge is 2.15. The van der Waals surface area contributed by atoms with E-state index in [9.17, 15) is 0 Å². The van der Waals surface area contributed by atoms with Gasteiger partial charge >= 0.3 is 0 Å². The van der Waals surface area contributed by atoms with Gasteiger partial charge in [-0.3, -0.25) is 0 Å². The van der Waals surface area contributed by atoms with E-state index in [1.807, 2.05) is 17.5 Å². The third-order valence-electron chi connectivity index (χ3n) is 3.71. The molecule has 2 rings (SSSR count). The molecule has 0 aliphatic carbocycles. The number of hydrogen-bond donors (Lipinski definition) is 1. The first-order valence-electron chi connectivity index (χ1n) is 7.75. The molecule has 0 spiro atoms. The van der Waals surface area contributed by atoms with Crippen LogP contribution in [0.25, 0.3) is 0 Å². The monoisotopic (exact) mass is 338 g/mol. The maximum absolute atomic E-state index is 4.54. The van der Waals surface area contributed by atoms with Crippen molar-refractivity contribution in [1.82, 2.24) is 15.2 Å². The molecular weight excluding hydrogens is 312 g/mol. The number of thiazole rings is 1. The van der Waals surface area contributed by atoms with Crippen molar-refractivity contribution in [1.29, 1.82) is 0 Å². The van der Waals surface area contributed by atoms with E-state index in [2.05, 4.69) is 65.6 Å². The van der Waals surface area contributed by atoms with Gasteiger partial charge in [0.15, 0.2) is 5.13 Å². The highest BCUT2D eigenvalue weighted by Crippen LogP contribution is 2.24. The lowest BCUT2D eigenvalue weighted by atomic mass is 10.2. The van der Waals surface area contributed by atoms with Gasteiger partial charge in [0, 0.05) is 42.1 Å². The van der Waals surface area contributed by atoms with Gasteiger partial charge in [0.1, 0.15) is 0 Å². The predicted molar refractivity (Wildman–Crippen MR) is 98.1 cm³/mol. The van der Waals surface area contributed by atoms with E-state index >= 15 is 0 Å². The first kappa shape index (κ1) is 17.4. The molecule has 1 N–H and O–H groups in total. The van der Waals surface area contributed by atoms with Crippen LogP contribution in [0.5, 0.6) is 0 Å². The van der Waals surface area contributed by atoms with Crippen LogP contribution in [-0.2, 0) is 6.54 Å². The van der Waals surface area contributed by atoms with Crippen LogP contribution < -0.4 is 10.2 Å². The summed E-state index contributed by atoms with van der Waals surface area (Å²) in [7, 11) is 4.27. The highest BCUT2D eigenvalue weighted by atomic mass is 32.1. The molecule has 0 aromatic carbocycles. The van der Waals surface area contributed by atoms with Gasteiger partial charge in [-0.25, -0.2) is 4.98 Å². The Bertz CT molecular complexity index is 532. The zero-order valence-corrected chi connectivity index (χ0v) is 15.5. The number of thiophene rings is 1. The molecule has 122 valence electrons. The van der Waals surface area contributed by atoms with Crippen LogP contribution in [0.4, 0.5) is 5.13 Å². The lowest BCUT2D eigenvalue weighted by molar-refractivity contribution is 0.292. The first-order valence-corrected chi connectivity index (χ1v) is 9.45. The number of nitrogens with zero attached hydrogens (tertiary/aromatic N) is 3. The van der Waals surface area contributed by atoms with Crippen LogP contribution in [-0.4, -0.2) is 43.6 Å². The van der Waals surface area contributed by atoms with E-state index in [1.54, 1.807) is 11.3 Å². The summed E-state index contributed by atoms with van der Waals surface area (Å²) in [6.07, 6.45) is 2.00. The quantitative estimate of drug-likeness (QED) is 0.759. The Hall–Kier alpha value is -0.950. The zero-order valence-electron chi connectivity index (χ0n) is 13.9. The average Bonchev–Trinajstić information content (AvgIpc) is 3.16. The first-order chi connectivity index (χ1) is 10.7. The van der Waals surface area contributed by atoms with Crippen molar-refractivity contribution in [2.75, 3.05) is 38.6 Å². The van der Waals surface area contributed by atoms with E-state index in [-0.39, 0.29) is 0 Å². The number of rotatable bonds is 9. The SMILES string of the molecule is CCN(CC)c1ncc(CNCC(c2cccs2)N(C)C)s1. The van der Waals surface area contributed by atoms with E-state index < -0.39 is 0 Å². The summed E-state index contributed by atoms with van der Waals surface area (Å²) in [5, 5.41) is 6.85. The summed E-state index contributed by atoms with van der Waals surface area (Å²) < 4.78 is 0. The zero-order chi connectivity index (χ0) is 15.9. The summed E-state index contributed by atoms with van der Waals surface area (Å²) >= 11 is 3.61. The molecule has 0 saturated heterocycles.